The molecule has 1 N–H and O–H groups in total. The molecule has 2 bridgehead atoms. The molecule has 3 aliphatic rings. The van der Waals surface area contributed by atoms with Crippen LogP contribution in [0.4, 0.5) is 5.69 Å². The zero-order valence-electron chi connectivity index (χ0n) is 20.3. The highest BCUT2D eigenvalue weighted by Crippen LogP contribution is 2.66. The van der Waals surface area contributed by atoms with Gasteiger partial charge in [-0.2, -0.15) is 0 Å². The van der Waals surface area contributed by atoms with Crippen LogP contribution < -0.4 is 4.90 Å². The number of aliphatic hydroxyl groups excluding tert-OH is 1. The van der Waals surface area contributed by atoms with E-state index in [1.807, 2.05) is 6.07 Å². The van der Waals surface area contributed by atoms with E-state index in [0.29, 0.717) is 36.5 Å². The fraction of sp³-hybridized carbons (Fsp3) is 0.519. The van der Waals surface area contributed by atoms with E-state index in [1.165, 1.54) is 6.08 Å². The molecule has 5 atom stereocenters. The summed E-state index contributed by atoms with van der Waals surface area (Å²) < 4.78 is 4.70. The lowest BCUT2D eigenvalue weighted by molar-refractivity contribution is -0.153. The summed E-state index contributed by atoms with van der Waals surface area (Å²) in [5.41, 5.74) is 0.566. The predicted octanol–water partition coefficient (Wildman–Crippen LogP) is 3.84. The van der Waals surface area contributed by atoms with Crippen molar-refractivity contribution >= 4 is 46.8 Å². The monoisotopic (exact) mass is 532 g/mol. The van der Waals surface area contributed by atoms with Crippen LogP contribution in [0, 0.1) is 11.8 Å². The second kappa shape index (κ2) is 11.4. The molecule has 0 aliphatic carbocycles. The zero-order chi connectivity index (χ0) is 25.9. The number of hydrogen-bond acceptors (Lipinski definition) is 6. The molecule has 2 amide bonds. The number of nitrogens with zero attached hydrogens (tertiary/aromatic N) is 2. The first-order chi connectivity index (χ1) is 17.4. The molecule has 1 aromatic rings. The first-order valence-corrected chi connectivity index (χ1v) is 13.7. The maximum atomic E-state index is 14.3. The van der Waals surface area contributed by atoms with Crippen molar-refractivity contribution in [2.75, 3.05) is 31.2 Å². The molecular formula is C27H33ClN2O5S. The zero-order valence-corrected chi connectivity index (χ0v) is 21.9. The van der Waals surface area contributed by atoms with Crippen LogP contribution in [0.2, 0.25) is 5.02 Å². The summed E-state index contributed by atoms with van der Waals surface area (Å²) in [6.45, 7) is 8.24. The molecule has 3 saturated heterocycles. The Balaban J connectivity index is 1.72. The molecule has 2 unspecified atom stereocenters. The van der Waals surface area contributed by atoms with E-state index in [9.17, 15) is 19.5 Å². The summed E-state index contributed by atoms with van der Waals surface area (Å²) in [6.07, 6.45) is 6.61. The van der Waals surface area contributed by atoms with Crippen molar-refractivity contribution in [1.82, 2.24) is 4.90 Å². The van der Waals surface area contributed by atoms with Gasteiger partial charge in [-0.3, -0.25) is 14.4 Å². The van der Waals surface area contributed by atoms with E-state index >= 15 is 0 Å². The minimum absolute atomic E-state index is 0.0590. The Kier molecular flexibility index (Phi) is 8.48. The van der Waals surface area contributed by atoms with Crippen LogP contribution in [0.5, 0.6) is 0 Å². The van der Waals surface area contributed by atoms with Gasteiger partial charge in [-0.15, -0.1) is 18.3 Å². The van der Waals surface area contributed by atoms with Crippen molar-refractivity contribution in [1.29, 1.82) is 0 Å². The average molecular weight is 533 g/mol. The Morgan fingerprint density at radius 1 is 1.25 bits per heavy atom. The van der Waals surface area contributed by atoms with Crippen molar-refractivity contribution in [3.63, 3.8) is 0 Å². The highest BCUT2D eigenvalue weighted by Gasteiger charge is 2.74. The quantitative estimate of drug-likeness (QED) is 0.250. The summed E-state index contributed by atoms with van der Waals surface area (Å²) >= 11 is 8.09. The lowest BCUT2D eigenvalue weighted by Gasteiger charge is -2.37. The van der Waals surface area contributed by atoms with Gasteiger partial charge >= 0.3 is 5.97 Å². The number of unbranched alkanes of at least 4 members (excludes halogenated alkanes) is 2. The van der Waals surface area contributed by atoms with Crippen molar-refractivity contribution < 1.29 is 24.2 Å². The minimum atomic E-state index is -0.729. The molecule has 9 heteroatoms. The lowest BCUT2D eigenvalue weighted by Crippen LogP contribution is -2.55. The summed E-state index contributed by atoms with van der Waals surface area (Å²) in [6, 6.07) is 6.41. The van der Waals surface area contributed by atoms with Gasteiger partial charge in [-0.1, -0.05) is 42.5 Å². The Hall–Kier alpha value is -2.29. The second-order valence-electron chi connectivity index (χ2n) is 9.48. The van der Waals surface area contributed by atoms with Crippen LogP contribution in [-0.4, -0.2) is 70.1 Å². The van der Waals surface area contributed by atoms with E-state index in [0.717, 1.165) is 12.8 Å². The molecule has 1 aromatic carbocycles. The first kappa shape index (κ1) is 26.8. The van der Waals surface area contributed by atoms with Crippen LogP contribution in [-0.2, 0) is 19.1 Å². The second-order valence-corrected chi connectivity index (χ2v) is 11.5. The van der Waals surface area contributed by atoms with Gasteiger partial charge in [-0.05, 0) is 44.2 Å². The Morgan fingerprint density at radius 3 is 2.72 bits per heavy atom. The predicted molar refractivity (Wildman–Crippen MR) is 142 cm³/mol. The van der Waals surface area contributed by atoms with Crippen LogP contribution >= 0.6 is 23.4 Å². The number of ether oxygens (including phenoxy) is 1. The number of carbonyl (C=O) groups excluding carboxylic acids is 3. The summed E-state index contributed by atoms with van der Waals surface area (Å²) in [4.78, 5) is 44.6. The number of para-hydroxylation sites is 1. The average Bonchev–Trinajstić information content (AvgIpc) is 3.51. The molecule has 3 heterocycles. The maximum Gasteiger partial charge on any atom is 0.311 e. The van der Waals surface area contributed by atoms with Crippen LogP contribution in [0.1, 0.15) is 32.1 Å². The maximum absolute atomic E-state index is 14.3. The summed E-state index contributed by atoms with van der Waals surface area (Å²) in [5, 5.41) is 9.57. The SMILES string of the molecule is C=CCOC(=O)[C@@H]1[C@H]2C(=O)N(CCCCCO)C(C(=O)N(CC=C)c3ccccc3Cl)C23CC[C@H]1S3. The minimum Gasteiger partial charge on any atom is -0.461 e. The van der Waals surface area contributed by atoms with Gasteiger partial charge in [0.15, 0.2) is 0 Å². The number of likely N-dealkylation sites (tertiary alicyclic amines) is 1. The van der Waals surface area contributed by atoms with Gasteiger partial charge in [0.2, 0.25) is 5.91 Å². The normalized spacial score (nSPS) is 28.2. The van der Waals surface area contributed by atoms with Crippen LogP contribution in [0.3, 0.4) is 0 Å². The van der Waals surface area contributed by atoms with Crippen molar-refractivity contribution in [2.45, 2.75) is 48.1 Å². The number of aliphatic hydroxyl groups is 1. The van der Waals surface area contributed by atoms with Gasteiger partial charge in [0.05, 0.1) is 27.3 Å². The third kappa shape index (κ3) is 4.59. The van der Waals surface area contributed by atoms with E-state index in [4.69, 9.17) is 16.3 Å². The van der Waals surface area contributed by atoms with Crippen molar-refractivity contribution in [3.05, 3.63) is 54.6 Å². The van der Waals surface area contributed by atoms with E-state index in [1.54, 1.807) is 45.8 Å². The topological polar surface area (TPSA) is 87.1 Å². The highest BCUT2D eigenvalue weighted by atomic mass is 35.5. The number of carbonyl (C=O) groups is 3. The number of hydrogen-bond donors (Lipinski definition) is 1. The number of halogens is 1. The van der Waals surface area contributed by atoms with E-state index in [2.05, 4.69) is 13.2 Å². The van der Waals surface area contributed by atoms with E-state index in [-0.39, 0.29) is 36.8 Å². The summed E-state index contributed by atoms with van der Waals surface area (Å²) in [5.74, 6) is -1.96. The fourth-order valence-electron chi connectivity index (χ4n) is 6.00. The Labute approximate surface area is 221 Å². The van der Waals surface area contributed by atoms with Gasteiger partial charge in [-0.25, -0.2) is 0 Å². The fourth-order valence-corrected chi connectivity index (χ4v) is 8.44. The third-order valence-electron chi connectivity index (χ3n) is 7.43. The van der Waals surface area contributed by atoms with Crippen molar-refractivity contribution in [2.24, 2.45) is 11.8 Å². The number of esters is 1. The van der Waals surface area contributed by atoms with Crippen LogP contribution in [0.15, 0.2) is 49.6 Å². The molecule has 4 rings (SSSR count). The summed E-state index contributed by atoms with van der Waals surface area (Å²) in [7, 11) is 0. The number of rotatable bonds is 12. The molecule has 7 nitrogen and oxygen atoms in total. The lowest BCUT2D eigenvalue weighted by atomic mass is 9.71. The largest absolute Gasteiger partial charge is 0.461 e. The molecule has 36 heavy (non-hydrogen) atoms. The highest BCUT2D eigenvalue weighted by molar-refractivity contribution is 8.02. The standard InChI is InChI=1S/C27H33ClN2O5S/c1-3-14-29(19-11-7-6-10-18(19)28)25(33)23-27-13-12-20(36-27)21(26(34)35-17-4-2)22(27)24(32)30(23)15-8-5-9-16-31/h3-4,6-7,10-11,20-23,31H,1-2,5,8-9,12-17H2/t20-,21+,22+,23?,27?/m1/s1. The molecule has 0 radical (unpaired) electrons. The molecule has 194 valence electrons. The van der Waals surface area contributed by atoms with Crippen LogP contribution in [0.25, 0.3) is 0 Å². The number of thioether (sulfide) groups is 1. The van der Waals surface area contributed by atoms with Gasteiger partial charge < -0.3 is 19.6 Å². The van der Waals surface area contributed by atoms with Gasteiger partial charge in [0.25, 0.3) is 5.91 Å². The molecular weight excluding hydrogens is 500 g/mol. The number of benzene rings is 1. The van der Waals surface area contributed by atoms with Gasteiger partial charge in [0.1, 0.15) is 12.6 Å². The number of amides is 2. The Bertz CT molecular complexity index is 1040. The molecule has 3 aliphatic heterocycles. The molecule has 1 spiro atoms. The number of fused-ring (bicyclic) bond motifs is 1. The first-order valence-electron chi connectivity index (χ1n) is 12.4. The molecule has 0 aromatic heterocycles. The van der Waals surface area contributed by atoms with E-state index < -0.39 is 28.6 Å². The molecule has 3 fully saturated rings. The third-order valence-corrected chi connectivity index (χ3v) is 9.70. The number of anilines is 1. The van der Waals surface area contributed by atoms with Gasteiger partial charge in [0, 0.05) is 24.9 Å². The Morgan fingerprint density at radius 2 is 2.03 bits per heavy atom. The smallest absolute Gasteiger partial charge is 0.311 e. The molecule has 0 saturated carbocycles. The van der Waals surface area contributed by atoms with Crippen molar-refractivity contribution in [3.8, 4) is 0 Å².